The van der Waals surface area contributed by atoms with E-state index in [4.69, 9.17) is 9.47 Å². The topological polar surface area (TPSA) is 69.7 Å². The lowest BCUT2D eigenvalue weighted by Crippen LogP contribution is -2.28. The average Bonchev–Trinajstić information content (AvgIpc) is 2.26. The van der Waals surface area contributed by atoms with Gasteiger partial charge in [-0.3, -0.25) is 9.59 Å². The zero-order valence-electron chi connectivity index (χ0n) is 10.2. The van der Waals surface area contributed by atoms with Gasteiger partial charge in [0.2, 0.25) is 0 Å². The first-order chi connectivity index (χ1) is 8.02. The van der Waals surface area contributed by atoms with Crippen molar-refractivity contribution < 1.29 is 23.9 Å². The summed E-state index contributed by atoms with van der Waals surface area (Å²) in [6, 6.07) is 0. The number of esters is 2. The van der Waals surface area contributed by atoms with Crippen LogP contribution < -0.4 is 0 Å². The molecule has 0 aromatic heterocycles. The van der Waals surface area contributed by atoms with Gasteiger partial charge in [0, 0.05) is 6.42 Å². The highest BCUT2D eigenvalue weighted by molar-refractivity contribution is 5.95. The van der Waals surface area contributed by atoms with Crippen molar-refractivity contribution in [2.75, 3.05) is 13.2 Å². The third kappa shape index (κ3) is 6.50. The normalized spacial score (nSPS) is 11.4. The first-order valence-corrected chi connectivity index (χ1v) is 5.46. The van der Waals surface area contributed by atoms with Crippen LogP contribution in [0.25, 0.3) is 0 Å². The Labute approximate surface area is 101 Å². The first-order valence-electron chi connectivity index (χ1n) is 5.46. The molecule has 0 rings (SSSR count). The van der Waals surface area contributed by atoms with Crippen molar-refractivity contribution in [2.45, 2.75) is 26.7 Å². The summed E-state index contributed by atoms with van der Waals surface area (Å²) >= 11 is 0. The van der Waals surface area contributed by atoms with Gasteiger partial charge in [-0.05, 0) is 20.3 Å². The number of ketones is 1. The molecule has 0 aliphatic rings. The quantitative estimate of drug-likeness (QED) is 0.364. The van der Waals surface area contributed by atoms with Crippen molar-refractivity contribution in [1.82, 2.24) is 0 Å². The Kier molecular flexibility index (Phi) is 7.67. The minimum atomic E-state index is -1.03. The predicted octanol–water partition coefficient (Wildman–Crippen LogP) is 1.26. The van der Waals surface area contributed by atoms with Gasteiger partial charge in [0.1, 0.15) is 12.4 Å². The summed E-state index contributed by atoms with van der Waals surface area (Å²) in [7, 11) is 0. The number of rotatable bonds is 8. The summed E-state index contributed by atoms with van der Waals surface area (Å²) < 4.78 is 9.54. The van der Waals surface area contributed by atoms with E-state index in [1.54, 1.807) is 6.92 Å². The highest BCUT2D eigenvalue weighted by Crippen LogP contribution is 2.12. The molecule has 0 saturated carbocycles. The molecule has 5 nitrogen and oxygen atoms in total. The Bertz CT molecular complexity index is 295. The molecule has 96 valence electrons. The van der Waals surface area contributed by atoms with Crippen LogP contribution in [0.1, 0.15) is 26.7 Å². The van der Waals surface area contributed by atoms with Crippen LogP contribution in [0.5, 0.6) is 0 Å². The first kappa shape index (κ1) is 15.3. The van der Waals surface area contributed by atoms with Gasteiger partial charge < -0.3 is 14.3 Å². The molecule has 0 heterocycles. The smallest absolute Gasteiger partial charge is 0.320 e. The monoisotopic (exact) mass is 242 g/mol. The summed E-state index contributed by atoms with van der Waals surface area (Å²) in [6.07, 6.45) is 1.67. The number of Topliss-reactive ketones (excluding diaryl/α,β-unsaturated/α-hetero) is 1. The fraction of sp³-hybridized carbons (Fsp3) is 0.583. The number of hydrogen-bond acceptors (Lipinski definition) is 5. The zero-order chi connectivity index (χ0) is 13.3. The maximum atomic E-state index is 11.5. The molecule has 0 aliphatic carbocycles. The Morgan fingerprint density at radius 2 is 1.82 bits per heavy atom. The molecule has 0 fully saturated rings. The average molecular weight is 242 g/mol. The molecule has 0 aromatic rings. The summed E-state index contributed by atoms with van der Waals surface area (Å²) in [6.45, 7) is 6.67. The van der Waals surface area contributed by atoms with Gasteiger partial charge in [-0.25, -0.2) is 0 Å². The van der Waals surface area contributed by atoms with E-state index < -0.39 is 17.9 Å². The molecule has 0 radical (unpaired) electrons. The second-order valence-electron chi connectivity index (χ2n) is 3.46. The van der Waals surface area contributed by atoms with Gasteiger partial charge >= 0.3 is 11.9 Å². The van der Waals surface area contributed by atoms with Crippen LogP contribution in [0.2, 0.25) is 0 Å². The van der Waals surface area contributed by atoms with Gasteiger partial charge in [-0.2, -0.15) is 0 Å². The van der Waals surface area contributed by atoms with Crippen molar-refractivity contribution in [3.63, 3.8) is 0 Å². The standard InChI is InChI=1S/C12H18O5/c1-4-8-17-12(15)10(7-6-9(3)13)11(14)16-5-2/h4,10H,1,5-8H2,2-3H3. The second-order valence-corrected chi connectivity index (χ2v) is 3.46. The number of carbonyl (C=O) groups excluding carboxylic acids is 3. The summed E-state index contributed by atoms with van der Waals surface area (Å²) in [5.41, 5.74) is 0. The van der Waals surface area contributed by atoms with Gasteiger partial charge in [-0.15, -0.1) is 0 Å². The molecular formula is C12H18O5. The number of carbonyl (C=O) groups is 3. The van der Waals surface area contributed by atoms with Crippen LogP contribution in [0.3, 0.4) is 0 Å². The molecule has 0 spiro atoms. The second kappa shape index (κ2) is 8.50. The van der Waals surface area contributed by atoms with Crippen molar-refractivity contribution in [1.29, 1.82) is 0 Å². The van der Waals surface area contributed by atoms with E-state index >= 15 is 0 Å². The van der Waals surface area contributed by atoms with Gasteiger partial charge in [0.05, 0.1) is 6.61 Å². The Morgan fingerprint density at radius 3 is 2.29 bits per heavy atom. The minimum absolute atomic E-state index is 0.0365. The van der Waals surface area contributed by atoms with E-state index in [0.717, 1.165) is 0 Å². The maximum absolute atomic E-state index is 11.5. The summed E-state index contributed by atoms with van der Waals surface area (Å²) in [5, 5.41) is 0. The Morgan fingerprint density at radius 1 is 1.24 bits per heavy atom. The lowest BCUT2D eigenvalue weighted by atomic mass is 10.0. The largest absolute Gasteiger partial charge is 0.465 e. The van der Waals surface area contributed by atoms with E-state index in [1.807, 2.05) is 0 Å². The summed E-state index contributed by atoms with van der Waals surface area (Å²) in [4.78, 5) is 33.9. The van der Waals surface area contributed by atoms with Crippen LogP contribution in [0.4, 0.5) is 0 Å². The lowest BCUT2D eigenvalue weighted by Gasteiger charge is -2.13. The Hall–Kier alpha value is -1.65. The SMILES string of the molecule is C=CCOC(=O)C(CCC(C)=O)C(=O)OCC. The van der Waals surface area contributed by atoms with Crippen LogP contribution in [-0.4, -0.2) is 30.9 Å². The molecule has 17 heavy (non-hydrogen) atoms. The van der Waals surface area contributed by atoms with Gasteiger partial charge in [-0.1, -0.05) is 12.7 Å². The van der Waals surface area contributed by atoms with Crippen molar-refractivity contribution in [2.24, 2.45) is 5.92 Å². The fourth-order valence-electron chi connectivity index (χ4n) is 1.16. The summed E-state index contributed by atoms with van der Waals surface area (Å²) in [5.74, 6) is -2.44. The Balaban J connectivity index is 4.47. The highest BCUT2D eigenvalue weighted by atomic mass is 16.6. The predicted molar refractivity (Wildman–Crippen MR) is 61.2 cm³/mol. The van der Waals surface area contributed by atoms with Crippen LogP contribution >= 0.6 is 0 Å². The van der Waals surface area contributed by atoms with Crippen LogP contribution in [0, 0.1) is 5.92 Å². The van der Waals surface area contributed by atoms with E-state index in [1.165, 1.54) is 13.0 Å². The molecule has 0 aliphatic heterocycles. The zero-order valence-corrected chi connectivity index (χ0v) is 10.2. The van der Waals surface area contributed by atoms with Crippen molar-refractivity contribution >= 4 is 17.7 Å². The molecule has 0 amide bonds. The molecule has 1 unspecified atom stereocenters. The number of hydrogen-bond donors (Lipinski definition) is 0. The van der Waals surface area contributed by atoms with Crippen LogP contribution in [0.15, 0.2) is 12.7 Å². The third-order valence-electron chi connectivity index (χ3n) is 1.98. The molecule has 0 N–H and O–H groups in total. The molecule has 1 atom stereocenters. The minimum Gasteiger partial charge on any atom is -0.465 e. The number of ether oxygens (including phenoxy) is 2. The molecule has 5 heteroatoms. The molecule has 0 saturated heterocycles. The molecule has 0 bridgehead atoms. The van der Waals surface area contributed by atoms with Gasteiger partial charge in [0.15, 0.2) is 5.92 Å². The van der Waals surface area contributed by atoms with E-state index in [-0.39, 0.29) is 31.8 Å². The molecule has 0 aromatic carbocycles. The van der Waals surface area contributed by atoms with Crippen molar-refractivity contribution in [3.05, 3.63) is 12.7 Å². The van der Waals surface area contributed by atoms with Crippen molar-refractivity contribution in [3.8, 4) is 0 Å². The van der Waals surface area contributed by atoms with Gasteiger partial charge in [0.25, 0.3) is 0 Å². The lowest BCUT2D eigenvalue weighted by molar-refractivity contribution is -0.161. The van der Waals surface area contributed by atoms with E-state index in [0.29, 0.717) is 0 Å². The third-order valence-corrected chi connectivity index (χ3v) is 1.98. The molecular weight excluding hydrogens is 224 g/mol. The maximum Gasteiger partial charge on any atom is 0.320 e. The fourth-order valence-corrected chi connectivity index (χ4v) is 1.16. The van der Waals surface area contributed by atoms with E-state index in [9.17, 15) is 14.4 Å². The van der Waals surface area contributed by atoms with Crippen LogP contribution in [-0.2, 0) is 23.9 Å². The van der Waals surface area contributed by atoms with E-state index in [2.05, 4.69) is 6.58 Å². The highest BCUT2D eigenvalue weighted by Gasteiger charge is 2.29.